The molecular formula is C21H32ClN5O4. The number of nitrogens with one attached hydrogen (secondary N) is 1. The third-order valence-corrected chi connectivity index (χ3v) is 4.40. The van der Waals surface area contributed by atoms with Crippen LogP contribution in [0.3, 0.4) is 0 Å². The summed E-state index contributed by atoms with van der Waals surface area (Å²) in [5.74, 6) is 0.0894. The van der Waals surface area contributed by atoms with Gasteiger partial charge in [0.1, 0.15) is 11.2 Å². The number of amides is 2. The van der Waals surface area contributed by atoms with Crippen LogP contribution in [0, 0.1) is 0 Å². The first-order chi connectivity index (χ1) is 14.2. The molecule has 1 aromatic carbocycles. The number of alkyl carbamates (subject to hydrolysis) is 1. The molecule has 1 aromatic rings. The van der Waals surface area contributed by atoms with Crippen molar-refractivity contribution in [3.05, 3.63) is 23.2 Å². The Labute approximate surface area is 188 Å². The summed E-state index contributed by atoms with van der Waals surface area (Å²) in [5.41, 5.74) is 5.86. The van der Waals surface area contributed by atoms with E-state index in [1.165, 1.54) is 0 Å². The van der Waals surface area contributed by atoms with Gasteiger partial charge in [-0.25, -0.2) is 9.59 Å². The number of halogens is 1. The van der Waals surface area contributed by atoms with Gasteiger partial charge >= 0.3 is 12.2 Å². The summed E-state index contributed by atoms with van der Waals surface area (Å²) in [6, 6.07) is 5.39. The molecule has 0 spiro atoms. The van der Waals surface area contributed by atoms with E-state index in [1.807, 2.05) is 6.07 Å². The summed E-state index contributed by atoms with van der Waals surface area (Å²) in [6.45, 7) is 12.7. The molecule has 0 unspecified atom stereocenters. The predicted octanol–water partition coefficient (Wildman–Crippen LogP) is 3.86. The van der Waals surface area contributed by atoms with E-state index in [1.54, 1.807) is 58.6 Å². The van der Waals surface area contributed by atoms with Crippen LogP contribution in [0.5, 0.6) is 0 Å². The van der Waals surface area contributed by atoms with Crippen molar-refractivity contribution in [2.45, 2.75) is 52.7 Å². The van der Waals surface area contributed by atoms with Gasteiger partial charge in [0.15, 0.2) is 0 Å². The fraction of sp³-hybridized carbons (Fsp3) is 0.571. The van der Waals surface area contributed by atoms with Crippen LogP contribution in [0.4, 0.5) is 21.0 Å². The van der Waals surface area contributed by atoms with Gasteiger partial charge < -0.3 is 25.0 Å². The number of nitrogens with two attached hydrogens (primary N) is 1. The highest BCUT2D eigenvalue weighted by Gasteiger charge is 2.26. The minimum absolute atomic E-state index is 0.0894. The van der Waals surface area contributed by atoms with Crippen LogP contribution in [-0.2, 0) is 9.47 Å². The van der Waals surface area contributed by atoms with Crippen molar-refractivity contribution < 1.29 is 19.1 Å². The number of carbonyl (C=O) groups is 2. The van der Waals surface area contributed by atoms with E-state index < -0.39 is 23.4 Å². The zero-order chi connectivity index (χ0) is 23.4. The van der Waals surface area contributed by atoms with Gasteiger partial charge in [-0.15, -0.1) is 4.99 Å². The van der Waals surface area contributed by atoms with Gasteiger partial charge in [-0.05, 0) is 59.7 Å². The van der Waals surface area contributed by atoms with Gasteiger partial charge in [0.25, 0.3) is 0 Å². The zero-order valence-electron chi connectivity index (χ0n) is 19.0. The number of anilines is 2. The predicted molar refractivity (Wildman–Crippen MR) is 123 cm³/mol. The van der Waals surface area contributed by atoms with E-state index in [2.05, 4.69) is 15.2 Å². The maximum atomic E-state index is 12.3. The minimum atomic E-state index is -0.789. The molecule has 1 fully saturated rings. The highest BCUT2D eigenvalue weighted by Crippen LogP contribution is 2.28. The maximum absolute atomic E-state index is 12.3. The van der Waals surface area contributed by atoms with Gasteiger partial charge in [0.2, 0.25) is 5.96 Å². The topological polar surface area (TPSA) is 109 Å². The highest BCUT2D eigenvalue weighted by molar-refractivity contribution is 6.33. The Morgan fingerprint density at radius 2 is 1.61 bits per heavy atom. The zero-order valence-corrected chi connectivity index (χ0v) is 19.7. The molecule has 3 N–H and O–H groups in total. The molecule has 172 valence electrons. The molecular weight excluding hydrogens is 422 g/mol. The van der Waals surface area contributed by atoms with Crippen molar-refractivity contribution in [2.24, 2.45) is 4.99 Å². The molecule has 10 heteroatoms. The van der Waals surface area contributed by atoms with Crippen molar-refractivity contribution in [1.29, 1.82) is 0 Å². The lowest BCUT2D eigenvalue weighted by Crippen LogP contribution is -2.54. The number of guanidine groups is 1. The third kappa shape index (κ3) is 8.16. The van der Waals surface area contributed by atoms with Crippen LogP contribution in [-0.4, -0.2) is 60.4 Å². The van der Waals surface area contributed by atoms with E-state index in [0.717, 1.165) is 5.69 Å². The second-order valence-corrected chi connectivity index (χ2v) is 9.63. The van der Waals surface area contributed by atoms with E-state index >= 15 is 0 Å². The molecule has 0 bridgehead atoms. The molecule has 2 rings (SSSR count). The Kier molecular flexibility index (Phi) is 7.64. The van der Waals surface area contributed by atoms with Crippen molar-refractivity contribution in [2.75, 3.05) is 36.8 Å². The second kappa shape index (κ2) is 9.64. The SMILES string of the molecule is CC(C)(C)OC(=O)N=C(NC(=O)OC(C)(C)C)N1CCN(c2ccc(N)cc2Cl)CC1. The van der Waals surface area contributed by atoms with Gasteiger partial charge in [0, 0.05) is 31.9 Å². The average molecular weight is 454 g/mol. The summed E-state index contributed by atoms with van der Waals surface area (Å²) in [4.78, 5) is 32.5. The number of ether oxygens (including phenoxy) is 2. The Balaban J connectivity index is 2.14. The summed E-state index contributed by atoms with van der Waals surface area (Å²) in [6.07, 6.45) is -1.48. The Bertz CT molecular complexity index is 837. The third-order valence-electron chi connectivity index (χ3n) is 4.10. The summed E-state index contributed by atoms with van der Waals surface area (Å²) >= 11 is 6.33. The van der Waals surface area contributed by atoms with E-state index in [4.69, 9.17) is 26.8 Å². The number of rotatable bonds is 1. The normalized spacial score (nSPS) is 15.5. The lowest BCUT2D eigenvalue weighted by Gasteiger charge is -2.37. The molecule has 2 amide bonds. The minimum Gasteiger partial charge on any atom is -0.444 e. The Morgan fingerprint density at radius 3 is 2.13 bits per heavy atom. The van der Waals surface area contributed by atoms with Gasteiger partial charge in [0.05, 0.1) is 10.7 Å². The van der Waals surface area contributed by atoms with Crippen LogP contribution in [0.2, 0.25) is 5.02 Å². The molecule has 0 radical (unpaired) electrons. The first-order valence-corrected chi connectivity index (χ1v) is 10.5. The van der Waals surface area contributed by atoms with Crippen molar-refractivity contribution in [1.82, 2.24) is 10.2 Å². The fourth-order valence-corrected chi connectivity index (χ4v) is 3.19. The van der Waals surface area contributed by atoms with E-state index in [9.17, 15) is 9.59 Å². The monoisotopic (exact) mass is 453 g/mol. The van der Waals surface area contributed by atoms with Crippen molar-refractivity contribution >= 4 is 41.1 Å². The lowest BCUT2D eigenvalue weighted by atomic mass is 10.2. The molecule has 1 aliphatic rings. The number of hydrogen-bond donors (Lipinski definition) is 2. The number of carbonyl (C=O) groups excluding carboxylic acids is 2. The number of nitrogens with zero attached hydrogens (tertiary/aromatic N) is 3. The van der Waals surface area contributed by atoms with Crippen molar-refractivity contribution in [3.63, 3.8) is 0 Å². The molecule has 0 saturated carbocycles. The van der Waals surface area contributed by atoms with Crippen LogP contribution >= 0.6 is 11.6 Å². The quantitative estimate of drug-likeness (QED) is 0.377. The number of aliphatic imine (C=N–C) groups is 1. The molecule has 1 saturated heterocycles. The highest BCUT2D eigenvalue weighted by atomic mass is 35.5. The molecule has 0 aliphatic carbocycles. The smallest absolute Gasteiger partial charge is 0.437 e. The number of nitrogen functional groups attached to an aromatic ring is 1. The fourth-order valence-electron chi connectivity index (χ4n) is 2.88. The Hall–Kier alpha value is -2.68. The number of hydrogen-bond acceptors (Lipinski definition) is 6. The van der Waals surface area contributed by atoms with E-state index in [0.29, 0.717) is 36.9 Å². The summed E-state index contributed by atoms with van der Waals surface area (Å²) in [7, 11) is 0. The lowest BCUT2D eigenvalue weighted by molar-refractivity contribution is 0.0554. The molecule has 0 aromatic heterocycles. The first-order valence-electron chi connectivity index (χ1n) is 10.1. The van der Waals surface area contributed by atoms with Crippen LogP contribution < -0.4 is 16.0 Å². The average Bonchev–Trinajstić information content (AvgIpc) is 2.58. The molecule has 1 heterocycles. The number of piperazine rings is 1. The van der Waals surface area contributed by atoms with E-state index in [-0.39, 0.29) is 5.96 Å². The van der Waals surface area contributed by atoms with Crippen molar-refractivity contribution in [3.8, 4) is 0 Å². The standard InChI is InChI=1S/C21H32ClN5O4/c1-20(2,3)30-18(28)24-17(25-19(29)31-21(4,5)6)27-11-9-26(10-12-27)16-8-7-14(23)13-15(16)22/h7-8,13H,9-12,23H2,1-6H3,(H,24,25,28,29). The second-order valence-electron chi connectivity index (χ2n) is 9.23. The van der Waals surface area contributed by atoms with Crippen LogP contribution in [0.1, 0.15) is 41.5 Å². The van der Waals surface area contributed by atoms with Crippen LogP contribution in [0.25, 0.3) is 0 Å². The largest absolute Gasteiger partial charge is 0.444 e. The maximum Gasteiger partial charge on any atom is 0.437 e. The number of benzene rings is 1. The molecule has 31 heavy (non-hydrogen) atoms. The molecule has 9 nitrogen and oxygen atoms in total. The summed E-state index contributed by atoms with van der Waals surface area (Å²) in [5, 5.41) is 3.16. The Morgan fingerprint density at radius 1 is 1.03 bits per heavy atom. The van der Waals surface area contributed by atoms with Crippen LogP contribution in [0.15, 0.2) is 23.2 Å². The van der Waals surface area contributed by atoms with Gasteiger partial charge in [-0.2, -0.15) is 0 Å². The molecule has 1 aliphatic heterocycles. The van der Waals surface area contributed by atoms with Gasteiger partial charge in [-0.1, -0.05) is 11.6 Å². The first kappa shape index (κ1) is 24.6. The van der Waals surface area contributed by atoms with Gasteiger partial charge in [-0.3, -0.25) is 5.32 Å². The molecule has 0 atom stereocenters. The summed E-state index contributed by atoms with van der Waals surface area (Å²) < 4.78 is 10.6.